The largest absolute Gasteiger partial charge is 0.508 e. The molecule has 3 aliphatic heterocycles. The fourth-order valence-electron chi connectivity index (χ4n) is 7.16. The second-order valence-electron chi connectivity index (χ2n) is 12.2. The molecule has 3 aliphatic rings. The minimum absolute atomic E-state index is 0.0124. The maximum atomic E-state index is 16.8. The summed E-state index contributed by atoms with van der Waals surface area (Å²) in [7, 11) is 0. The number of rotatable bonds is 5. The van der Waals surface area contributed by atoms with E-state index in [0.717, 1.165) is 36.7 Å². The quantitative estimate of drug-likeness (QED) is 0.290. The van der Waals surface area contributed by atoms with Crippen molar-refractivity contribution in [1.29, 1.82) is 0 Å². The van der Waals surface area contributed by atoms with Gasteiger partial charge in [0.1, 0.15) is 29.9 Å². The molecule has 10 heteroatoms. The molecular weight excluding hydrogens is 560 g/mol. The number of aromatic nitrogens is 2. The molecule has 7 rings (SSSR count). The number of phenolic OH excluding ortho intramolecular Hbond substituents is 1. The van der Waals surface area contributed by atoms with E-state index in [9.17, 15) is 9.50 Å². The van der Waals surface area contributed by atoms with E-state index in [2.05, 4.69) is 33.9 Å². The van der Waals surface area contributed by atoms with Crippen LogP contribution in [-0.2, 0) is 0 Å². The van der Waals surface area contributed by atoms with Crippen LogP contribution in [0.25, 0.3) is 32.8 Å². The molecule has 3 fully saturated rings. The van der Waals surface area contributed by atoms with E-state index in [1.807, 2.05) is 24.3 Å². The molecular formula is C32H34ClF2N5O2. The minimum Gasteiger partial charge on any atom is -0.508 e. The number of fused-ring (bicyclic) bond motifs is 3. The van der Waals surface area contributed by atoms with Gasteiger partial charge >= 0.3 is 6.01 Å². The normalized spacial score (nSPS) is 26.3. The average molecular weight is 594 g/mol. The van der Waals surface area contributed by atoms with Gasteiger partial charge in [-0.05, 0) is 67.8 Å². The molecule has 0 spiro atoms. The van der Waals surface area contributed by atoms with Crippen LogP contribution in [0.1, 0.15) is 33.1 Å². The highest BCUT2D eigenvalue weighted by Gasteiger charge is 2.49. The van der Waals surface area contributed by atoms with E-state index >= 15 is 4.39 Å². The average Bonchev–Trinajstić information content (AvgIpc) is 3.48. The van der Waals surface area contributed by atoms with Gasteiger partial charge in [0.2, 0.25) is 0 Å². The standard InChI is InChI=1S/C32H34ClF2N5O2/c1-18-15-40(19(2)14-36-18)30-25-12-26(33)27(24-11-22(41)10-20-6-3-4-7-23(20)24)28(35)29(25)37-31(38-30)42-17-32-8-5-9-39(32)16-21(34)13-32/h3-4,6-7,10-12,18-19,21,36,41H,5,8-9,13-17H2,1-2H3/t18-,19+,21-,32+/m1/s1. The van der Waals surface area contributed by atoms with Gasteiger partial charge in [-0.2, -0.15) is 9.97 Å². The number of anilines is 1. The van der Waals surface area contributed by atoms with Crippen molar-refractivity contribution in [2.45, 2.75) is 56.9 Å². The molecule has 0 radical (unpaired) electrons. The van der Waals surface area contributed by atoms with E-state index in [0.29, 0.717) is 36.3 Å². The lowest BCUT2D eigenvalue weighted by Gasteiger charge is -2.39. The summed E-state index contributed by atoms with van der Waals surface area (Å²) in [6.07, 6.45) is 1.37. The number of aromatic hydroxyl groups is 1. The number of piperazine rings is 1. The van der Waals surface area contributed by atoms with Crippen LogP contribution in [0.3, 0.4) is 0 Å². The number of hydrogen-bond acceptors (Lipinski definition) is 7. The van der Waals surface area contributed by atoms with Crippen molar-refractivity contribution in [3.63, 3.8) is 0 Å². The molecule has 0 unspecified atom stereocenters. The molecule has 42 heavy (non-hydrogen) atoms. The summed E-state index contributed by atoms with van der Waals surface area (Å²) in [5.74, 6) is -0.0409. The molecule has 2 N–H and O–H groups in total. The van der Waals surface area contributed by atoms with Gasteiger partial charge in [-0.3, -0.25) is 4.90 Å². The van der Waals surface area contributed by atoms with Crippen molar-refractivity contribution in [2.75, 3.05) is 37.7 Å². The first-order chi connectivity index (χ1) is 20.2. The smallest absolute Gasteiger partial charge is 0.319 e. The van der Waals surface area contributed by atoms with Crippen LogP contribution in [0.15, 0.2) is 42.5 Å². The number of benzene rings is 3. The molecule has 0 bridgehead atoms. The summed E-state index contributed by atoms with van der Waals surface area (Å²) < 4.78 is 37.5. The first-order valence-electron chi connectivity index (χ1n) is 14.7. The van der Waals surface area contributed by atoms with Gasteiger partial charge in [0, 0.05) is 49.1 Å². The van der Waals surface area contributed by atoms with Crippen LogP contribution in [0.2, 0.25) is 5.02 Å². The van der Waals surface area contributed by atoms with Gasteiger partial charge < -0.3 is 20.1 Å². The molecule has 0 amide bonds. The van der Waals surface area contributed by atoms with Gasteiger partial charge in [-0.25, -0.2) is 8.78 Å². The zero-order valence-corrected chi connectivity index (χ0v) is 24.5. The highest BCUT2D eigenvalue weighted by Crippen LogP contribution is 2.44. The van der Waals surface area contributed by atoms with Crippen LogP contribution >= 0.6 is 11.6 Å². The molecule has 0 saturated carbocycles. The Bertz CT molecular complexity index is 1690. The summed E-state index contributed by atoms with van der Waals surface area (Å²) in [4.78, 5) is 13.8. The van der Waals surface area contributed by atoms with E-state index in [1.165, 1.54) is 6.07 Å². The Balaban J connectivity index is 1.39. The van der Waals surface area contributed by atoms with Gasteiger partial charge in [0.15, 0.2) is 5.82 Å². The lowest BCUT2D eigenvalue weighted by atomic mass is 9.95. The summed E-state index contributed by atoms with van der Waals surface area (Å²) in [5.41, 5.74) is 0.335. The third-order valence-corrected chi connectivity index (χ3v) is 9.52. The molecule has 0 aliphatic carbocycles. The second kappa shape index (κ2) is 10.5. The zero-order valence-electron chi connectivity index (χ0n) is 23.7. The second-order valence-corrected chi connectivity index (χ2v) is 12.6. The number of alkyl halides is 1. The highest BCUT2D eigenvalue weighted by molar-refractivity contribution is 6.35. The van der Waals surface area contributed by atoms with E-state index < -0.39 is 12.0 Å². The van der Waals surface area contributed by atoms with Crippen molar-refractivity contribution >= 4 is 39.1 Å². The van der Waals surface area contributed by atoms with Crippen molar-refractivity contribution in [3.05, 3.63) is 53.3 Å². The van der Waals surface area contributed by atoms with E-state index in [4.69, 9.17) is 21.3 Å². The first-order valence-corrected chi connectivity index (χ1v) is 15.0. The fraction of sp³-hybridized carbons (Fsp3) is 0.438. The maximum Gasteiger partial charge on any atom is 0.319 e. The Kier molecular flexibility index (Phi) is 6.87. The molecule has 4 heterocycles. The van der Waals surface area contributed by atoms with Crippen LogP contribution in [0.4, 0.5) is 14.6 Å². The highest BCUT2D eigenvalue weighted by atomic mass is 35.5. The monoisotopic (exact) mass is 593 g/mol. The summed E-state index contributed by atoms with van der Waals surface area (Å²) in [6.45, 7) is 7.09. The molecule has 4 aromatic rings. The number of phenols is 1. The number of halogens is 3. The lowest BCUT2D eigenvalue weighted by Crippen LogP contribution is -2.54. The first kappa shape index (κ1) is 27.6. The van der Waals surface area contributed by atoms with Crippen LogP contribution in [0.5, 0.6) is 11.8 Å². The molecule has 3 aromatic carbocycles. The summed E-state index contributed by atoms with van der Waals surface area (Å²) in [6, 6.07) is 12.7. The zero-order chi connectivity index (χ0) is 29.2. The fourth-order valence-corrected chi connectivity index (χ4v) is 7.45. The lowest BCUT2D eigenvalue weighted by molar-refractivity contribution is 0.107. The minimum atomic E-state index is -0.885. The predicted molar refractivity (Wildman–Crippen MR) is 162 cm³/mol. The predicted octanol–water partition coefficient (Wildman–Crippen LogP) is 6.09. The molecule has 3 saturated heterocycles. The summed E-state index contributed by atoms with van der Waals surface area (Å²) in [5, 5.41) is 16.2. The van der Waals surface area contributed by atoms with Crippen LogP contribution < -0.4 is 15.0 Å². The SMILES string of the molecule is C[C@@H]1CN(c2nc(OC[C@@]34CCCN3C[C@H](F)C4)nc3c(F)c(-c4cc(O)cc5ccccc45)c(Cl)cc23)[C@@H](C)CN1. The summed E-state index contributed by atoms with van der Waals surface area (Å²) >= 11 is 6.85. The van der Waals surface area contributed by atoms with Crippen molar-refractivity contribution < 1.29 is 18.6 Å². The Morgan fingerprint density at radius 2 is 1.98 bits per heavy atom. The van der Waals surface area contributed by atoms with Crippen molar-refractivity contribution in [3.8, 4) is 22.9 Å². The maximum absolute atomic E-state index is 16.8. The third kappa shape index (κ3) is 4.62. The van der Waals surface area contributed by atoms with Crippen LogP contribution in [-0.4, -0.2) is 76.6 Å². The third-order valence-electron chi connectivity index (χ3n) is 9.23. The van der Waals surface area contributed by atoms with Gasteiger partial charge in [-0.1, -0.05) is 35.9 Å². The Morgan fingerprint density at radius 1 is 1.14 bits per heavy atom. The number of hydrogen-bond donors (Lipinski definition) is 2. The number of ether oxygens (including phenoxy) is 1. The van der Waals surface area contributed by atoms with Gasteiger partial charge in [0.05, 0.1) is 10.6 Å². The topological polar surface area (TPSA) is 73.8 Å². The Hall–Kier alpha value is -3.27. The molecule has 4 atom stereocenters. The number of nitrogens with one attached hydrogen (secondary N) is 1. The van der Waals surface area contributed by atoms with Gasteiger partial charge in [0.25, 0.3) is 0 Å². The molecule has 220 valence electrons. The van der Waals surface area contributed by atoms with E-state index in [1.54, 1.807) is 12.1 Å². The number of nitrogens with zero attached hydrogens (tertiary/aromatic N) is 4. The molecule has 1 aromatic heterocycles. The Labute approximate surface area is 248 Å². The Morgan fingerprint density at radius 3 is 2.83 bits per heavy atom. The molecule has 7 nitrogen and oxygen atoms in total. The van der Waals surface area contributed by atoms with E-state index in [-0.39, 0.29) is 52.1 Å². The van der Waals surface area contributed by atoms with Gasteiger partial charge in [-0.15, -0.1) is 0 Å². The van der Waals surface area contributed by atoms with Crippen molar-refractivity contribution in [1.82, 2.24) is 20.2 Å². The van der Waals surface area contributed by atoms with Crippen LogP contribution in [0, 0.1) is 5.82 Å². The van der Waals surface area contributed by atoms with Crippen molar-refractivity contribution in [2.24, 2.45) is 0 Å².